The third kappa shape index (κ3) is 7.63. The Morgan fingerprint density at radius 1 is 0.721 bits per heavy atom. The minimum Gasteiger partial charge on any atom is -0.493 e. The van der Waals surface area contributed by atoms with Crippen LogP contribution in [0.4, 0.5) is 13.2 Å². The lowest BCUT2D eigenvalue weighted by molar-refractivity contribution is -0.185. The van der Waals surface area contributed by atoms with E-state index in [9.17, 15) is 18.0 Å². The van der Waals surface area contributed by atoms with Gasteiger partial charge in [0.05, 0.1) is 28.3 Å². The lowest BCUT2D eigenvalue weighted by Crippen LogP contribution is -2.84. The molecule has 0 saturated heterocycles. The van der Waals surface area contributed by atoms with Crippen molar-refractivity contribution in [1.82, 2.24) is 10.2 Å². The zero-order chi connectivity index (χ0) is 30.6. The van der Waals surface area contributed by atoms with E-state index in [1.807, 2.05) is 0 Å². The summed E-state index contributed by atoms with van der Waals surface area (Å²) in [5, 5.41) is 3.14. The molecule has 0 heterocycles. The van der Waals surface area contributed by atoms with E-state index in [2.05, 4.69) is 10.2 Å². The average Bonchev–Trinajstić information content (AvgIpc) is 2.93. The van der Waals surface area contributed by atoms with Gasteiger partial charge in [-0.2, -0.15) is 0 Å². The molecular weight excluding hydrogens is 628 g/mol. The van der Waals surface area contributed by atoms with Crippen LogP contribution in [0.25, 0.3) is 0 Å². The highest BCUT2D eigenvalue weighted by atomic mass is 35.5. The third-order valence-corrected chi connectivity index (χ3v) is 8.72. The second-order valence-electron chi connectivity index (χ2n) is 11.0. The number of ether oxygens (including phenoxy) is 3. The number of carbonyl (C=O) groups is 1. The maximum Gasteiger partial charge on any atom is 0.258 e. The Balaban J connectivity index is 1.11. The summed E-state index contributed by atoms with van der Waals surface area (Å²) in [5.74, 6) is -0.911. The predicted octanol–water partition coefficient (Wildman–Crippen LogP) is 7.47. The summed E-state index contributed by atoms with van der Waals surface area (Å²) < 4.78 is 58.0. The van der Waals surface area contributed by atoms with Crippen molar-refractivity contribution in [3.05, 3.63) is 87.1 Å². The zero-order valence-electron chi connectivity index (χ0n) is 23.1. The summed E-state index contributed by atoms with van der Waals surface area (Å²) in [6, 6.07) is 12.7. The normalized spacial score (nSPS) is 20.3. The fourth-order valence-corrected chi connectivity index (χ4v) is 6.21. The van der Waals surface area contributed by atoms with Crippen molar-refractivity contribution in [3.8, 4) is 17.2 Å². The van der Waals surface area contributed by atoms with E-state index < -0.39 is 17.5 Å². The zero-order valence-corrected chi connectivity index (χ0v) is 25.4. The van der Waals surface area contributed by atoms with E-state index in [0.29, 0.717) is 37.6 Å². The molecule has 43 heavy (non-hydrogen) atoms. The average molecular weight is 658 g/mol. The molecule has 0 spiro atoms. The van der Waals surface area contributed by atoms with Gasteiger partial charge in [0.25, 0.3) is 5.91 Å². The van der Waals surface area contributed by atoms with Crippen LogP contribution in [0.15, 0.2) is 54.6 Å². The molecule has 0 radical (unpaired) electrons. The van der Waals surface area contributed by atoms with Gasteiger partial charge >= 0.3 is 0 Å². The molecule has 0 aromatic heterocycles. The van der Waals surface area contributed by atoms with Crippen molar-refractivity contribution in [2.75, 3.05) is 32.9 Å². The molecule has 3 aliphatic carbocycles. The van der Waals surface area contributed by atoms with Gasteiger partial charge < -0.3 is 19.5 Å². The molecule has 3 saturated carbocycles. The largest absolute Gasteiger partial charge is 0.493 e. The van der Waals surface area contributed by atoms with Gasteiger partial charge in [0, 0.05) is 42.4 Å². The number of nitrogens with one attached hydrogen (secondary N) is 1. The molecule has 3 aromatic rings. The summed E-state index contributed by atoms with van der Waals surface area (Å²) in [7, 11) is 0. The van der Waals surface area contributed by atoms with Crippen molar-refractivity contribution in [3.63, 3.8) is 0 Å². The van der Waals surface area contributed by atoms with Gasteiger partial charge in [-0.25, -0.2) is 13.2 Å². The molecule has 0 aliphatic heterocycles. The fourth-order valence-electron chi connectivity index (χ4n) is 5.86. The summed E-state index contributed by atoms with van der Waals surface area (Å²) in [6.07, 6.45) is 3.75. The van der Waals surface area contributed by atoms with Crippen molar-refractivity contribution < 1.29 is 32.2 Å². The van der Waals surface area contributed by atoms with Gasteiger partial charge in [0.15, 0.2) is 6.61 Å². The number of rotatable bonds is 15. The van der Waals surface area contributed by atoms with Crippen LogP contribution in [0.1, 0.15) is 32.1 Å². The van der Waals surface area contributed by atoms with Crippen molar-refractivity contribution in [2.24, 2.45) is 0 Å². The fraction of sp³-hybridized carbons (Fsp3) is 0.387. The molecule has 1 N–H and O–H groups in total. The Bertz CT molecular complexity index is 1400. The highest BCUT2D eigenvalue weighted by molar-refractivity contribution is 6.31. The summed E-state index contributed by atoms with van der Waals surface area (Å²) in [6.45, 7) is 1.99. The lowest BCUT2D eigenvalue weighted by atomic mass is 9.43. The Kier molecular flexibility index (Phi) is 9.86. The van der Waals surface area contributed by atoms with Gasteiger partial charge in [0.2, 0.25) is 0 Å². The Hall–Kier alpha value is -2.85. The number of hydrogen-bond donors (Lipinski definition) is 1. The molecule has 3 aromatic carbocycles. The molecule has 1 amide bonds. The molecule has 12 heteroatoms. The van der Waals surface area contributed by atoms with Gasteiger partial charge in [-0.05, 0) is 68.5 Å². The Morgan fingerprint density at radius 2 is 1.14 bits per heavy atom. The maximum absolute atomic E-state index is 13.7. The summed E-state index contributed by atoms with van der Waals surface area (Å²) >= 11 is 17.2. The molecule has 0 unspecified atom stereocenters. The molecule has 3 aliphatic rings. The van der Waals surface area contributed by atoms with Crippen molar-refractivity contribution in [2.45, 2.75) is 43.2 Å². The number of amides is 1. The molecule has 2 bridgehead atoms. The third-order valence-electron chi connectivity index (χ3n) is 7.80. The second kappa shape index (κ2) is 13.4. The molecule has 6 rings (SSSR count). The van der Waals surface area contributed by atoms with Crippen LogP contribution >= 0.6 is 34.8 Å². The topological polar surface area (TPSA) is 60.0 Å². The van der Waals surface area contributed by atoms with Crippen LogP contribution in [0.3, 0.4) is 0 Å². The SMILES string of the molecule is O=C(COc1ccc(Cl)c(F)c1)NC12CC(N(CCCOc3ccc(Cl)c(F)c3)CCCOc3ccc(Cl)c(F)c3)(C1)C2. The van der Waals surface area contributed by atoms with E-state index in [1.54, 1.807) is 12.1 Å². The standard InChI is InChI=1S/C31H30Cl3F3N2O4/c32-23-6-3-20(13-26(23)35)41-11-1-9-39(10-2-12-42-21-4-7-24(33)27(36)14-21)31-17-30(18-31,19-31)38-29(40)16-43-22-5-8-25(34)28(37)15-22/h3-8,13-15H,1-2,9-12,16-19H2,(H,38,40). The van der Waals surface area contributed by atoms with Crippen LogP contribution in [-0.4, -0.2) is 54.8 Å². The predicted molar refractivity (Wildman–Crippen MR) is 159 cm³/mol. The summed E-state index contributed by atoms with van der Waals surface area (Å²) in [4.78, 5) is 15.0. The molecular formula is C31H30Cl3F3N2O4. The van der Waals surface area contributed by atoms with Crippen molar-refractivity contribution >= 4 is 40.7 Å². The smallest absolute Gasteiger partial charge is 0.258 e. The Morgan fingerprint density at radius 3 is 1.56 bits per heavy atom. The first-order valence-corrected chi connectivity index (χ1v) is 15.0. The highest BCUT2D eigenvalue weighted by Gasteiger charge is 2.70. The quantitative estimate of drug-likeness (QED) is 0.172. The maximum atomic E-state index is 13.7. The van der Waals surface area contributed by atoms with Crippen LogP contribution < -0.4 is 19.5 Å². The molecule has 3 fully saturated rings. The first-order chi connectivity index (χ1) is 20.6. The Labute approximate surface area is 262 Å². The number of nitrogens with zero attached hydrogens (tertiary/aromatic N) is 1. The van der Waals surface area contributed by atoms with Gasteiger partial charge in [0.1, 0.15) is 34.7 Å². The van der Waals surface area contributed by atoms with Crippen LogP contribution in [0.2, 0.25) is 15.1 Å². The number of halogens is 6. The van der Waals surface area contributed by atoms with E-state index in [1.165, 1.54) is 36.4 Å². The second-order valence-corrected chi connectivity index (χ2v) is 12.2. The van der Waals surface area contributed by atoms with E-state index in [4.69, 9.17) is 49.0 Å². The van der Waals surface area contributed by atoms with Gasteiger partial charge in [-0.15, -0.1) is 0 Å². The molecule has 6 nitrogen and oxygen atoms in total. The monoisotopic (exact) mass is 656 g/mol. The van der Waals surface area contributed by atoms with Crippen LogP contribution in [0.5, 0.6) is 17.2 Å². The van der Waals surface area contributed by atoms with Gasteiger partial charge in [-0.1, -0.05) is 34.8 Å². The first kappa shape index (κ1) is 31.6. The minimum absolute atomic E-state index is 0.0172. The van der Waals surface area contributed by atoms with E-state index >= 15 is 0 Å². The first-order valence-electron chi connectivity index (χ1n) is 13.9. The molecule has 0 atom stereocenters. The number of hydrogen-bond acceptors (Lipinski definition) is 5. The number of carbonyl (C=O) groups excluding carboxylic acids is 1. The lowest BCUT2D eigenvalue weighted by Gasteiger charge is -2.74. The van der Waals surface area contributed by atoms with E-state index in [-0.39, 0.29) is 44.4 Å². The highest BCUT2D eigenvalue weighted by Crippen LogP contribution is 2.63. The van der Waals surface area contributed by atoms with Crippen molar-refractivity contribution in [1.29, 1.82) is 0 Å². The van der Waals surface area contributed by atoms with Crippen LogP contribution in [0, 0.1) is 17.5 Å². The van der Waals surface area contributed by atoms with Crippen LogP contribution in [-0.2, 0) is 4.79 Å². The van der Waals surface area contributed by atoms with E-state index in [0.717, 1.165) is 38.4 Å². The molecule has 230 valence electrons. The minimum atomic E-state index is -0.613. The summed E-state index contributed by atoms with van der Waals surface area (Å²) in [5.41, 5.74) is -0.356. The van der Waals surface area contributed by atoms with Gasteiger partial charge in [-0.3, -0.25) is 9.69 Å². The number of benzene rings is 3.